The van der Waals surface area contributed by atoms with Gasteiger partial charge in [0.15, 0.2) is 12.6 Å². The van der Waals surface area contributed by atoms with Crippen molar-refractivity contribution in [2.75, 3.05) is 33.0 Å². The third-order valence-electron chi connectivity index (χ3n) is 8.33. The molecule has 2 fully saturated rings. The predicted molar refractivity (Wildman–Crippen MR) is 169 cm³/mol. The van der Waals surface area contributed by atoms with Crippen LogP contribution in [0.5, 0.6) is 0 Å². The van der Waals surface area contributed by atoms with Crippen molar-refractivity contribution >= 4 is 5.97 Å². The molecule has 0 aromatic heterocycles. The van der Waals surface area contributed by atoms with Crippen LogP contribution in [-0.2, 0) is 33.2 Å². The third-order valence-corrected chi connectivity index (χ3v) is 8.33. The van der Waals surface area contributed by atoms with Crippen molar-refractivity contribution in [1.29, 1.82) is 0 Å². The number of carbonyl (C=O) groups excluding carboxylic acids is 1. The fourth-order valence-corrected chi connectivity index (χ4v) is 5.31. The molecule has 2 saturated heterocycles. The molecule has 11 atom stereocenters. The molecule has 2 aliphatic rings. The van der Waals surface area contributed by atoms with Crippen LogP contribution < -0.4 is 0 Å². The molecule has 7 N–H and O–H groups in total. The van der Waals surface area contributed by atoms with Gasteiger partial charge in [-0.15, -0.1) is 0 Å². The van der Waals surface area contributed by atoms with Gasteiger partial charge in [-0.05, 0) is 32.1 Å². The number of hydrogen-bond donors (Lipinski definition) is 7. The largest absolute Gasteiger partial charge is 0.457 e. The first-order chi connectivity index (χ1) is 22.6. The molecule has 0 aromatic carbocycles. The highest BCUT2D eigenvalue weighted by Crippen LogP contribution is 2.26. The standard InChI is InChI=1S/C33H60O14/c1-3-5-6-7-8-9-10-11-12-13-14-15-16-17-42-19-22(45-25(35)4-2)20-43-32-31(41)29(39)27(37)24(47-32)21-44-33-30(40)28(38)26(36)23(18-34)46-33/h8-9,22-24,26-34,36-41H,3-7,10-21H2,1-2H3/b9-8-. The zero-order valence-corrected chi connectivity index (χ0v) is 28.0. The first kappa shape index (κ1) is 41.9. The van der Waals surface area contributed by atoms with Crippen LogP contribution >= 0.6 is 0 Å². The normalized spacial score (nSPS) is 32.1. The number of esters is 1. The molecule has 11 unspecified atom stereocenters. The number of ether oxygens (including phenoxy) is 6. The minimum Gasteiger partial charge on any atom is -0.457 e. The number of rotatable bonds is 24. The smallest absolute Gasteiger partial charge is 0.305 e. The van der Waals surface area contributed by atoms with E-state index in [-0.39, 0.29) is 19.6 Å². The van der Waals surface area contributed by atoms with E-state index < -0.39 is 86.7 Å². The van der Waals surface area contributed by atoms with E-state index in [4.69, 9.17) is 28.4 Å². The van der Waals surface area contributed by atoms with E-state index >= 15 is 0 Å². The average Bonchev–Trinajstić information content (AvgIpc) is 3.07. The molecular formula is C33H60O14. The van der Waals surface area contributed by atoms with Crippen molar-refractivity contribution in [2.24, 2.45) is 0 Å². The van der Waals surface area contributed by atoms with Crippen LogP contribution in [0, 0.1) is 0 Å². The summed E-state index contributed by atoms with van der Waals surface area (Å²) in [7, 11) is 0. The highest BCUT2D eigenvalue weighted by molar-refractivity contribution is 5.69. The van der Waals surface area contributed by atoms with Crippen LogP contribution in [0.15, 0.2) is 12.2 Å². The van der Waals surface area contributed by atoms with Gasteiger partial charge in [-0.25, -0.2) is 0 Å². The van der Waals surface area contributed by atoms with Gasteiger partial charge in [-0.1, -0.05) is 64.5 Å². The monoisotopic (exact) mass is 680 g/mol. The molecular weight excluding hydrogens is 620 g/mol. The topological polar surface area (TPSA) is 214 Å². The lowest BCUT2D eigenvalue weighted by Crippen LogP contribution is -2.61. The van der Waals surface area contributed by atoms with Gasteiger partial charge in [0, 0.05) is 13.0 Å². The summed E-state index contributed by atoms with van der Waals surface area (Å²) in [5.74, 6) is -0.468. The van der Waals surface area contributed by atoms with E-state index in [1.807, 2.05) is 0 Å². The van der Waals surface area contributed by atoms with Crippen molar-refractivity contribution < 1.29 is 69.0 Å². The lowest BCUT2D eigenvalue weighted by atomic mass is 9.98. The second kappa shape index (κ2) is 24.0. The molecule has 0 aromatic rings. The molecule has 2 aliphatic heterocycles. The van der Waals surface area contributed by atoms with Gasteiger partial charge in [0.25, 0.3) is 0 Å². The van der Waals surface area contributed by atoms with Gasteiger partial charge in [0.1, 0.15) is 54.9 Å². The highest BCUT2D eigenvalue weighted by Gasteiger charge is 2.47. The van der Waals surface area contributed by atoms with Crippen molar-refractivity contribution in [2.45, 2.75) is 158 Å². The third kappa shape index (κ3) is 15.0. The molecule has 14 nitrogen and oxygen atoms in total. The molecule has 276 valence electrons. The molecule has 14 heteroatoms. The van der Waals surface area contributed by atoms with Gasteiger partial charge in [-0.3, -0.25) is 4.79 Å². The predicted octanol–water partition coefficient (Wildman–Crippen LogP) is 0.833. The number of allylic oxidation sites excluding steroid dienone is 2. The second-order valence-corrected chi connectivity index (χ2v) is 12.3. The van der Waals surface area contributed by atoms with Gasteiger partial charge < -0.3 is 64.2 Å². The lowest BCUT2D eigenvalue weighted by molar-refractivity contribution is -0.332. The maximum Gasteiger partial charge on any atom is 0.305 e. The Morgan fingerprint density at radius 3 is 1.85 bits per heavy atom. The lowest BCUT2D eigenvalue weighted by Gasteiger charge is -2.42. The Morgan fingerprint density at radius 1 is 0.681 bits per heavy atom. The number of unbranched alkanes of at least 4 members (excludes halogenated alkanes) is 9. The van der Waals surface area contributed by atoms with E-state index in [0.29, 0.717) is 6.61 Å². The molecule has 0 radical (unpaired) electrons. The summed E-state index contributed by atoms with van der Waals surface area (Å²) in [6.07, 6.45) is 1.30. The van der Waals surface area contributed by atoms with Crippen LogP contribution in [0.4, 0.5) is 0 Å². The molecule has 47 heavy (non-hydrogen) atoms. The van der Waals surface area contributed by atoms with Gasteiger partial charge in [0.05, 0.1) is 26.4 Å². The SMILES string of the molecule is CCCCC/C=C\CCCCCCCCOCC(COC1OC(COC2OC(CO)C(O)C(O)C2O)C(O)C(O)C1O)OC(=O)CC. The molecule has 0 aliphatic carbocycles. The minimum absolute atomic E-state index is 0.0496. The summed E-state index contributed by atoms with van der Waals surface area (Å²) in [6, 6.07) is 0. The van der Waals surface area contributed by atoms with Crippen molar-refractivity contribution in [3.63, 3.8) is 0 Å². The van der Waals surface area contributed by atoms with Crippen molar-refractivity contribution in [1.82, 2.24) is 0 Å². The summed E-state index contributed by atoms with van der Waals surface area (Å²) in [5.41, 5.74) is 0. The van der Waals surface area contributed by atoms with E-state index in [2.05, 4.69) is 19.1 Å². The first-order valence-corrected chi connectivity index (χ1v) is 17.3. The molecule has 0 amide bonds. The minimum atomic E-state index is -1.70. The van der Waals surface area contributed by atoms with Crippen LogP contribution in [0.2, 0.25) is 0 Å². The molecule has 2 heterocycles. The Bertz CT molecular complexity index is 844. The Hall–Kier alpha value is -1.27. The van der Waals surface area contributed by atoms with E-state index in [0.717, 1.165) is 25.7 Å². The quantitative estimate of drug-likeness (QED) is 0.0428. The Balaban J connectivity index is 1.74. The summed E-state index contributed by atoms with van der Waals surface area (Å²) < 4.78 is 33.2. The maximum atomic E-state index is 12.0. The molecule has 2 rings (SSSR count). The Morgan fingerprint density at radius 2 is 1.23 bits per heavy atom. The van der Waals surface area contributed by atoms with E-state index in [1.165, 1.54) is 44.9 Å². The van der Waals surface area contributed by atoms with Gasteiger partial charge in [-0.2, -0.15) is 0 Å². The Kier molecular flexibility index (Phi) is 21.4. The number of carbonyl (C=O) groups is 1. The average molecular weight is 681 g/mol. The number of aliphatic hydroxyl groups excluding tert-OH is 7. The first-order valence-electron chi connectivity index (χ1n) is 17.3. The summed E-state index contributed by atoms with van der Waals surface area (Å²) >= 11 is 0. The molecule has 0 spiro atoms. The fourth-order valence-electron chi connectivity index (χ4n) is 5.31. The van der Waals surface area contributed by atoms with Gasteiger partial charge >= 0.3 is 5.97 Å². The van der Waals surface area contributed by atoms with E-state index in [9.17, 15) is 40.5 Å². The van der Waals surface area contributed by atoms with Crippen LogP contribution in [-0.4, -0.2) is 142 Å². The van der Waals surface area contributed by atoms with Crippen molar-refractivity contribution in [3.8, 4) is 0 Å². The number of hydrogen-bond acceptors (Lipinski definition) is 14. The van der Waals surface area contributed by atoms with Crippen molar-refractivity contribution in [3.05, 3.63) is 12.2 Å². The number of aliphatic hydroxyl groups is 7. The fraction of sp³-hybridized carbons (Fsp3) is 0.909. The summed E-state index contributed by atoms with van der Waals surface area (Å²) in [5, 5.41) is 70.8. The van der Waals surface area contributed by atoms with Crippen LogP contribution in [0.1, 0.15) is 90.9 Å². The summed E-state index contributed by atoms with van der Waals surface area (Å²) in [6.45, 7) is 3.02. The van der Waals surface area contributed by atoms with Crippen LogP contribution in [0.25, 0.3) is 0 Å². The van der Waals surface area contributed by atoms with Gasteiger partial charge in [0.2, 0.25) is 0 Å². The molecule has 0 saturated carbocycles. The van der Waals surface area contributed by atoms with Crippen LogP contribution in [0.3, 0.4) is 0 Å². The zero-order valence-electron chi connectivity index (χ0n) is 28.0. The molecule has 0 bridgehead atoms. The second-order valence-electron chi connectivity index (χ2n) is 12.3. The zero-order chi connectivity index (χ0) is 34.6. The summed E-state index contributed by atoms with van der Waals surface area (Å²) in [4.78, 5) is 12.0. The maximum absolute atomic E-state index is 12.0. The Labute approximate surface area is 278 Å². The highest BCUT2D eigenvalue weighted by atomic mass is 16.7. The van der Waals surface area contributed by atoms with E-state index in [1.54, 1.807) is 6.92 Å².